The Hall–Kier alpha value is -1.23. The van der Waals surface area contributed by atoms with Crippen molar-refractivity contribution in [3.8, 4) is 0 Å². The van der Waals surface area contributed by atoms with Gasteiger partial charge < -0.3 is 0 Å². The second-order valence-electron chi connectivity index (χ2n) is 4.42. The molecule has 0 atom stereocenters. The fraction of sp³-hybridized carbons (Fsp3) is 0.364. The molecule has 21 heavy (non-hydrogen) atoms. The maximum atomic E-state index is 11.7. The number of nitrogens with one attached hydrogen (secondary N) is 2. The van der Waals surface area contributed by atoms with Crippen LogP contribution in [0.5, 0.6) is 0 Å². The van der Waals surface area contributed by atoms with Gasteiger partial charge in [0, 0.05) is 12.8 Å². The summed E-state index contributed by atoms with van der Waals surface area (Å²) in [6.07, 6.45) is 1.80. The van der Waals surface area contributed by atoms with Crippen LogP contribution in [0.25, 0.3) is 10.2 Å². The molecule has 7 nitrogen and oxygen atoms in total. The van der Waals surface area contributed by atoms with Crippen molar-refractivity contribution in [1.29, 1.82) is 0 Å². The molecule has 1 heterocycles. The zero-order chi connectivity index (χ0) is 15.7. The molecule has 0 radical (unpaired) electrons. The van der Waals surface area contributed by atoms with Crippen molar-refractivity contribution in [3.63, 3.8) is 0 Å². The third-order valence-electron chi connectivity index (χ3n) is 2.55. The lowest BCUT2D eigenvalue weighted by molar-refractivity contribution is 0.586. The van der Waals surface area contributed by atoms with Crippen molar-refractivity contribution in [2.75, 3.05) is 17.5 Å². The zero-order valence-electron chi connectivity index (χ0n) is 11.5. The molecule has 116 valence electrons. The molecule has 0 amide bonds. The Balaban J connectivity index is 2.31. The van der Waals surface area contributed by atoms with Crippen LogP contribution in [0.4, 0.5) is 5.13 Å². The fourth-order valence-corrected chi connectivity index (χ4v) is 4.36. The van der Waals surface area contributed by atoms with E-state index in [0.717, 1.165) is 17.6 Å². The molecular weight excluding hydrogens is 334 g/mol. The van der Waals surface area contributed by atoms with Crippen LogP contribution >= 0.6 is 11.3 Å². The van der Waals surface area contributed by atoms with E-state index in [9.17, 15) is 16.8 Å². The summed E-state index contributed by atoms with van der Waals surface area (Å²) in [7, 11) is -6.96. The first kappa shape index (κ1) is 16.1. The van der Waals surface area contributed by atoms with Crippen LogP contribution in [0.2, 0.25) is 0 Å². The van der Waals surface area contributed by atoms with Gasteiger partial charge in [0.25, 0.3) is 0 Å². The lowest BCUT2D eigenvalue weighted by atomic mass is 10.3. The molecule has 0 aliphatic carbocycles. The average molecular weight is 349 g/mol. The van der Waals surface area contributed by atoms with E-state index in [1.165, 1.54) is 12.1 Å². The molecule has 2 aromatic rings. The molecule has 10 heteroatoms. The van der Waals surface area contributed by atoms with E-state index in [1.54, 1.807) is 6.07 Å². The monoisotopic (exact) mass is 349 g/mol. The highest BCUT2D eigenvalue weighted by molar-refractivity contribution is 7.91. The van der Waals surface area contributed by atoms with Gasteiger partial charge in [-0.15, -0.1) is 0 Å². The van der Waals surface area contributed by atoms with Crippen LogP contribution in [0.1, 0.15) is 13.3 Å². The predicted molar refractivity (Wildman–Crippen MR) is 83.6 cm³/mol. The summed E-state index contributed by atoms with van der Waals surface area (Å²) in [5, 5.41) is 0.194. The second-order valence-corrected chi connectivity index (χ2v) is 8.97. The van der Waals surface area contributed by atoms with Crippen molar-refractivity contribution in [2.24, 2.45) is 0 Å². The maximum absolute atomic E-state index is 11.7. The Kier molecular flexibility index (Phi) is 4.51. The number of sulfone groups is 1. The summed E-state index contributed by atoms with van der Waals surface area (Å²) in [6.45, 7) is 2.19. The predicted octanol–water partition coefficient (Wildman–Crippen LogP) is 1.36. The zero-order valence-corrected chi connectivity index (χ0v) is 13.9. The topological polar surface area (TPSA) is 105 Å². The van der Waals surface area contributed by atoms with E-state index < -0.39 is 20.0 Å². The number of aromatic nitrogens is 1. The van der Waals surface area contributed by atoms with Gasteiger partial charge >= 0.3 is 10.2 Å². The number of rotatable bonds is 6. The SMILES string of the molecule is CCCNS(=O)(=O)Nc1nc2ccc(S(C)(=O)=O)cc2s1. The van der Waals surface area contributed by atoms with Gasteiger partial charge in [0.2, 0.25) is 0 Å². The second kappa shape index (κ2) is 5.87. The summed E-state index contributed by atoms with van der Waals surface area (Å²) in [5.74, 6) is 0. The summed E-state index contributed by atoms with van der Waals surface area (Å²) in [4.78, 5) is 4.30. The molecule has 0 bridgehead atoms. The number of benzene rings is 1. The van der Waals surface area contributed by atoms with E-state index in [0.29, 0.717) is 23.2 Å². The van der Waals surface area contributed by atoms with E-state index >= 15 is 0 Å². The Morgan fingerprint density at radius 3 is 2.57 bits per heavy atom. The van der Waals surface area contributed by atoms with Crippen molar-refractivity contribution < 1.29 is 16.8 Å². The summed E-state index contributed by atoms with van der Waals surface area (Å²) >= 11 is 1.08. The van der Waals surface area contributed by atoms with Crippen molar-refractivity contribution in [2.45, 2.75) is 18.2 Å². The lowest BCUT2D eigenvalue weighted by Crippen LogP contribution is -2.30. The molecule has 1 aromatic carbocycles. The number of fused-ring (bicyclic) bond motifs is 1. The molecule has 2 N–H and O–H groups in total. The first-order chi connectivity index (χ1) is 9.71. The van der Waals surface area contributed by atoms with Crippen LogP contribution in [0, 0.1) is 0 Å². The standard InChI is InChI=1S/C11H15N3O4S3/c1-3-6-12-21(17,18)14-11-13-9-5-4-8(20(2,15)16)7-10(9)19-11/h4-5,7,12H,3,6H2,1-2H3,(H,13,14). The molecule has 0 aliphatic heterocycles. The third-order valence-corrected chi connectivity index (χ3v) is 5.77. The Bertz CT molecular complexity index is 856. The quantitative estimate of drug-likeness (QED) is 0.819. The molecular formula is C11H15N3O4S3. The van der Waals surface area contributed by atoms with Gasteiger partial charge in [-0.25, -0.2) is 18.1 Å². The van der Waals surface area contributed by atoms with Gasteiger partial charge in [-0.2, -0.15) is 13.1 Å². The number of thiazole rings is 1. The van der Waals surface area contributed by atoms with Crippen molar-refractivity contribution in [1.82, 2.24) is 9.71 Å². The third kappa shape index (κ3) is 4.13. The minimum Gasteiger partial charge on any atom is -0.246 e. The molecule has 0 fully saturated rings. The normalized spacial score (nSPS) is 12.7. The summed E-state index contributed by atoms with van der Waals surface area (Å²) in [6, 6.07) is 4.49. The molecule has 2 rings (SSSR count). The maximum Gasteiger partial charge on any atom is 0.300 e. The minimum atomic E-state index is -3.65. The lowest BCUT2D eigenvalue weighted by Gasteiger charge is -2.04. The Morgan fingerprint density at radius 2 is 1.95 bits per heavy atom. The number of hydrogen-bond acceptors (Lipinski definition) is 6. The van der Waals surface area contributed by atoms with Crippen molar-refractivity contribution >= 4 is 46.7 Å². The van der Waals surface area contributed by atoms with Crippen LogP contribution in [0.15, 0.2) is 23.1 Å². The number of hydrogen-bond donors (Lipinski definition) is 2. The first-order valence-electron chi connectivity index (χ1n) is 6.09. The van der Waals surface area contributed by atoms with Gasteiger partial charge in [-0.1, -0.05) is 18.3 Å². The Morgan fingerprint density at radius 1 is 1.24 bits per heavy atom. The van der Waals surface area contributed by atoms with Gasteiger partial charge in [0.1, 0.15) is 0 Å². The molecule has 0 unspecified atom stereocenters. The highest BCUT2D eigenvalue weighted by Gasteiger charge is 2.14. The molecule has 0 aliphatic rings. The van der Waals surface area contributed by atoms with Gasteiger partial charge in [0.15, 0.2) is 15.0 Å². The fourth-order valence-electron chi connectivity index (χ4n) is 1.57. The van der Waals surface area contributed by atoms with E-state index in [1.807, 2.05) is 6.92 Å². The molecule has 0 saturated carbocycles. The first-order valence-corrected chi connectivity index (χ1v) is 10.3. The number of anilines is 1. The highest BCUT2D eigenvalue weighted by atomic mass is 32.2. The summed E-state index contributed by atoms with van der Waals surface area (Å²) in [5.41, 5.74) is 0.542. The molecule has 1 aromatic heterocycles. The van der Waals surface area contributed by atoms with E-state index in [4.69, 9.17) is 0 Å². The van der Waals surface area contributed by atoms with Gasteiger partial charge in [-0.3, -0.25) is 0 Å². The van der Waals surface area contributed by atoms with Crippen LogP contribution < -0.4 is 9.44 Å². The molecule has 0 saturated heterocycles. The highest BCUT2D eigenvalue weighted by Crippen LogP contribution is 2.28. The van der Waals surface area contributed by atoms with Crippen molar-refractivity contribution in [3.05, 3.63) is 18.2 Å². The smallest absolute Gasteiger partial charge is 0.246 e. The average Bonchev–Trinajstić information content (AvgIpc) is 2.75. The van der Waals surface area contributed by atoms with Crippen LogP contribution in [0.3, 0.4) is 0 Å². The largest absolute Gasteiger partial charge is 0.300 e. The van der Waals surface area contributed by atoms with Gasteiger partial charge in [0.05, 0.1) is 15.1 Å². The minimum absolute atomic E-state index is 0.178. The summed E-state index contributed by atoms with van der Waals surface area (Å²) < 4.78 is 51.7. The number of nitrogens with zero attached hydrogens (tertiary/aromatic N) is 1. The molecule has 0 spiro atoms. The Labute approximate surface area is 127 Å². The van der Waals surface area contributed by atoms with Crippen LogP contribution in [-0.2, 0) is 20.0 Å². The van der Waals surface area contributed by atoms with Gasteiger partial charge in [-0.05, 0) is 24.6 Å². The van der Waals surface area contributed by atoms with E-state index in [2.05, 4.69) is 14.4 Å². The van der Waals surface area contributed by atoms with E-state index in [-0.39, 0.29) is 10.0 Å². The van der Waals surface area contributed by atoms with Crippen LogP contribution in [-0.4, -0.2) is 34.6 Å².